The van der Waals surface area contributed by atoms with Crippen LogP contribution in [0.1, 0.15) is 31.9 Å². The van der Waals surface area contributed by atoms with Gasteiger partial charge in [-0.3, -0.25) is 10.1 Å². The van der Waals surface area contributed by atoms with Crippen LogP contribution in [0.4, 0.5) is 11.4 Å². The summed E-state index contributed by atoms with van der Waals surface area (Å²) in [6.07, 6.45) is 0.970. The van der Waals surface area contributed by atoms with Gasteiger partial charge in [0.2, 0.25) is 0 Å². The number of nitro groups is 1. The van der Waals surface area contributed by atoms with Crippen LogP contribution in [0.3, 0.4) is 0 Å². The molecule has 0 aliphatic rings. The number of aromatic nitrogens is 1. The van der Waals surface area contributed by atoms with E-state index in [2.05, 4.69) is 42.9 Å². The van der Waals surface area contributed by atoms with Crippen molar-refractivity contribution in [2.45, 2.75) is 33.2 Å². The monoisotopic (exact) mass is 367 g/mol. The van der Waals surface area contributed by atoms with Crippen LogP contribution < -0.4 is 4.80 Å². The van der Waals surface area contributed by atoms with Crippen LogP contribution in [0.5, 0.6) is 0 Å². The summed E-state index contributed by atoms with van der Waals surface area (Å²) in [7, 11) is 0. The summed E-state index contributed by atoms with van der Waals surface area (Å²) in [5.74, 6) is 0. The molecule has 0 saturated heterocycles. The van der Waals surface area contributed by atoms with E-state index in [0.29, 0.717) is 0 Å². The van der Waals surface area contributed by atoms with Crippen LogP contribution in [0, 0.1) is 17.0 Å². The first-order chi connectivity index (χ1) is 12.5. The molecule has 0 amide bonds. The quantitative estimate of drug-likeness (QED) is 0.433. The maximum absolute atomic E-state index is 10.9. The Labute approximate surface area is 156 Å². The molecule has 26 heavy (non-hydrogen) atoms. The first kappa shape index (κ1) is 18.1. The summed E-state index contributed by atoms with van der Waals surface area (Å²) in [6.45, 7) is 6.36. The van der Waals surface area contributed by atoms with Crippen molar-refractivity contribution in [2.75, 3.05) is 0 Å². The SMILES string of the molecule is CCC(C)n1c(-c2ccc([N+](=O)[O-])cc2)csc1=Nc1ccc(C)cc1. The Morgan fingerprint density at radius 1 is 1.15 bits per heavy atom. The highest BCUT2D eigenvalue weighted by Crippen LogP contribution is 2.27. The largest absolute Gasteiger partial charge is 0.314 e. The number of hydrogen-bond donors (Lipinski definition) is 0. The van der Waals surface area contributed by atoms with E-state index in [-0.39, 0.29) is 16.7 Å². The zero-order valence-corrected chi connectivity index (χ0v) is 15.9. The number of hydrogen-bond acceptors (Lipinski definition) is 4. The molecule has 1 unspecified atom stereocenters. The van der Waals surface area contributed by atoms with Gasteiger partial charge in [-0.2, -0.15) is 0 Å². The van der Waals surface area contributed by atoms with E-state index in [4.69, 9.17) is 4.99 Å². The fourth-order valence-corrected chi connectivity index (χ4v) is 3.72. The van der Waals surface area contributed by atoms with Crippen molar-refractivity contribution in [2.24, 2.45) is 4.99 Å². The Morgan fingerprint density at radius 2 is 1.81 bits per heavy atom. The average molecular weight is 367 g/mol. The van der Waals surface area contributed by atoms with E-state index in [1.807, 2.05) is 12.1 Å². The Kier molecular flexibility index (Phi) is 5.32. The number of non-ortho nitro benzene ring substituents is 1. The topological polar surface area (TPSA) is 60.4 Å². The number of benzene rings is 2. The van der Waals surface area contributed by atoms with Crippen molar-refractivity contribution in [1.82, 2.24) is 4.57 Å². The summed E-state index contributed by atoms with van der Waals surface area (Å²) >= 11 is 1.59. The lowest BCUT2D eigenvalue weighted by Gasteiger charge is -2.15. The van der Waals surface area contributed by atoms with Crippen LogP contribution in [0.25, 0.3) is 11.3 Å². The van der Waals surface area contributed by atoms with Crippen molar-refractivity contribution < 1.29 is 4.92 Å². The van der Waals surface area contributed by atoms with Gasteiger partial charge in [0.15, 0.2) is 4.80 Å². The molecule has 2 aromatic carbocycles. The number of nitrogens with zero attached hydrogens (tertiary/aromatic N) is 3. The minimum atomic E-state index is -0.377. The van der Waals surface area contributed by atoms with Crippen LogP contribution in [-0.2, 0) is 0 Å². The van der Waals surface area contributed by atoms with Gasteiger partial charge in [-0.1, -0.05) is 24.6 Å². The lowest BCUT2D eigenvalue weighted by atomic mass is 10.1. The van der Waals surface area contributed by atoms with E-state index in [1.54, 1.807) is 35.6 Å². The lowest BCUT2D eigenvalue weighted by Crippen LogP contribution is -2.19. The Morgan fingerprint density at radius 3 is 2.38 bits per heavy atom. The van der Waals surface area contributed by atoms with Gasteiger partial charge in [-0.15, -0.1) is 11.3 Å². The summed E-state index contributed by atoms with van der Waals surface area (Å²) < 4.78 is 2.21. The van der Waals surface area contributed by atoms with Gasteiger partial charge in [0.05, 0.1) is 16.3 Å². The second kappa shape index (κ2) is 7.66. The molecule has 1 aromatic heterocycles. The highest BCUT2D eigenvalue weighted by molar-refractivity contribution is 7.07. The van der Waals surface area contributed by atoms with Gasteiger partial charge >= 0.3 is 0 Å². The molecule has 134 valence electrons. The van der Waals surface area contributed by atoms with Crippen LogP contribution in [0.15, 0.2) is 58.9 Å². The minimum Gasteiger partial charge on any atom is -0.314 e. The van der Waals surface area contributed by atoms with Gasteiger partial charge in [0.25, 0.3) is 5.69 Å². The number of rotatable bonds is 5. The summed E-state index contributed by atoms with van der Waals surface area (Å²) in [5, 5.41) is 13.0. The third kappa shape index (κ3) is 3.75. The maximum Gasteiger partial charge on any atom is 0.269 e. The highest BCUT2D eigenvalue weighted by atomic mass is 32.1. The maximum atomic E-state index is 10.9. The van der Waals surface area contributed by atoms with E-state index in [9.17, 15) is 10.1 Å². The molecule has 0 aliphatic carbocycles. The smallest absolute Gasteiger partial charge is 0.269 e. The van der Waals surface area contributed by atoms with Crippen molar-refractivity contribution in [3.05, 3.63) is 74.4 Å². The van der Waals surface area contributed by atoms with Crippen LogP contribution >= 0.6 is 11.3 Å². The molecule has 3 rings (SSSR count). The molecule has 0 aliphatic heterocycles. The Balaban J connectivity index is 2.10. The third-order valence-electron chi connectivity index (χ3n) is 4.41. The minimum absolute atomic E-state index is 0.101. The van der Waals surface area contributed by atoms with Gasteiger partial charge in [0.1, 0.15) is 0 Å². The standard InChI is InChI=1S/C20H21N3O2S/c1-4-15(3)22-19(16-7-11-18(12-8-16)23(24)25)13-26-20(22)21-17-9-5-14(2)6-10-17/h5-13,15H,4H2,1-3H3. The Hall–Kier alpha value is -2.73. The molecule has 0 saturated carbocycles. The normalized spacial score (nSPS) is 13.0. The molecule has 0 radical (unpaired) electrons. The molecule has 0 fully saturated rings. The molecule has 0 bridgehead atoms. The van der Waals surface area contributed by atoms with E-state index in [0.717, 1.165) is 28.2 Å². The number of aryl methyl sites for hydroxylation is 1. The Bertz CT molecular complexity index is 970. The van der Waals surface area contributed by atoms with Crippen molar-refractivity contribution in [3.63, 3.8) is 0 Å². The third-order valence-corrected chi connectivity index (χ3v) is 5.25. The van der Waals surface area contributed by atoms with Crippen molar-refractivity contribution >= 4 is 22.7 Å². The van der Waals surface area contributed by atoms with Crippen molar-refractivity contribution in [1.29, 1.82) is 0 Å². The van der Waals surface area contributed by atoms with E-state index >= 15 is 0 Å². The van der Waals surface area contributed by atoms with Crippen LogP contribution in [0.2, 0.25) is 0 Å². The number of thiazole rings is 1. The second-order valence-corrected chi connectivity index (χ2v) is 7.12. The summed E-state index contributed by atoms with van der Waals surface area (Å²) in [4.78, 5) is 16.3. The van der Waals surface area contributed by atoms with Gasteiger partial charge in [-0.05, 0) is 50.1 Å². The summed E-state index contributed by atoms with van der Waals surface area (Å²) in [5.41, 5.74) is 4.22. The first-order valence-corrected chi connectivity index (χ1v) is 9.43. The fraction of sp³-hybridized carbons (Fsp3) is 0.250. The second-order valence-electron chi connectivity index (χ2n) is 6.28. The van der Waals surface area contributed by atoms with Gasteiger partial charge < -0.3 is 4.57 Å². The molecule has 6 heteroatoms. The predicted molar refractivity (Wildman–Crippen MR) is 106 cm³/mol. The van der Waals surface area contributed by atoms with Gasteiger partial charge in [0, 0.05) is 23.6 Å². The molecule has 1 heterocycles. The fourth-order valence-electron chi connectivity index (χ4n) is 2.70. The summed E-state index contributed by atoms with van der Waals surface area (Å²) in [6, 6.07) is 15.1. The molecule has 3 aromatic rings. The van der Waals surface area contributed by atoms with E-state index in [1.165, 1.54) is 5.56 Å². The van der Waals surface area contributed by atoms with Gasteiger partial charge in [-0.25, -0.2) is 4.99 Å². The first-order valence-electron chi connectivity index (χ1n) is 8.56. The molecular formula is C20H21N3O2S. The zero-order valence-electron chi connectivity index (χ0n) is 15.0. The van der Waals surface area contributed by atoms with Crippen molar-refractivity contribution in [3.8, 4) is 11.3 Å². The molecular weight excluding hydrogens is 346 g/mol. The predicted octanol–water partition coefficient (Wildman–Crippen LogP) is 5.64. The number of nitro benzene ring substituents is 1. The lowest BCUT2D eigenvalue weighted by molar-refractivity contribution is -0.384. The molecule has 0 spiro atoms. The molecule has 5 nitrogen and oxygen atoms in total. The highest BCUT2D eigenvalue weighted by Gasteiger charge is 2.14. The van der Waals surface area contributed by atoms with Crippen LogP contribution in [-0.4, -0.2) is 9.49 Å². The average Bonchev–Trinajstić information content (AvgIpc) is 3.06. The molecule has 1 atom stereocenters. The van der Waals surface area contributed by atoms with E-state index < -0.39 is 0 Å². The molecule has 0 N–H and O–H groups in total. The zero-order chi connectivity index (χ0) is 18.7.